The van der Waals surface area contributed by atoms with E-state index in [1.807, 2.05) is 24.3 Å². The van der Waals surface area contributed by atoms with E-state index in [1.165, 1.54) is 24.8 Å². The highest BCUT2D eigenvalue weighted by molar-refractivity contribution is 5.44. The summed E-state index contributed by atoms with van der Waals surface area (Å²) >= 11 is 0. The molecule has 3 heteroatoms. The van der Waals surface area contributed by atoms with Crippen LogP contribution in [0.3, 0.4) is 0 Å². The van der Waals surface area contributed by atoms with E-state index in [1.54, 1.807) is 0 Å². The average Bonchev–Trinajstić information content (AvgIpc) is 2.63. The van der Waals surface area contributed by atoms with E-state index in [-0.39, 0.29) is 17.0 Å². The van der Waals surface area contributed by atoms with Crippen LogP contribution in [-0.2, 0) is 5.60 Å². The lowest BCUT2D eigenvalue weighted by Gasteiger charge is -2.55. The van der Waals surface area contributed by atoms with Crippen LogP contribution >= 0.6 is 0 Å². The molecule has 2 aromatic carbocycles. The molecule has 0 aliphatic carbocycles. The molecule has 2 aliphatic heterocycles. The lowest BCUT2D eigenvalue weighted by Crippen LogP contribution is -3.00. The summed E-state index contributed by atoms with van der Waals surface area (Å²) in [6, 6.07) is 19.2. The summed E-state index contributed by atoms with van der Waals surface area (Å²) in [5, 5.41) is 11.9. The molecule has 2 nitrogen and oxygen atoms in total. The second-order valence-electron chi connectivity index (χ2n) is 7.40. The van der Waals surface area contributed by atoms with Gasteiger partial charge in [-0.15, -0.1) is 0 Å². The number of benzene rings is 2. The summed E-state index contributed by atoms with van der Waals surface area (Å²) in [6.45, 7) is 6.81. The van der Waals surface area contributed by atoms with Crippen molar-refractivity contribution in [3.05, 3.63) is 83.9 Å². The van der Waals surface area contributed by atoms with Crippen LogP contribution in [0.4, 0.5) is 0 Å². The molecule has 2 aliphatic rings. The highest BCUT2D eigenvalue weighted by Gasteiger charge is 2.53. The molecule has 1 N–H and O–H groups in total. The van der Waals surface area contributed by atoms with Gasteiger partial charge in [0.05, 0.1) is 13.1 Å². The Labute approximate surface area is 161 Å². The zero-order chi connectivity index (χ0) is 16.6. The van der Waals surface area contributed by atoms with Crippen molar-refractivity contribution in [2.45, 2.75) is 30.9 Å². The highest BCUT2D eigenvalue weighted by atomic mass is 79.9. The molecule has 0 aromatic heterocycles. The van der Waals surface area contributed by atoms with Gasteiger partial charge in [0.15, 0.2) is 5.60 Å². The first-order valence-corrected chi connectivity index (χ1v) is 9.04. The molecule has 132 valence electrons. The maximum atomic E-state index is 11.9. The number of hydrogen-bond donors (Lipinski definition) is 1. The number of hydrogen-bond acceptors (Lipinski definition) is 1. The van der Waals surface area contributed by atoms with Crippen LogP contribution < -0.4 is 17.0 Å². The van der Waals surface area contributed by atoms with E-state index in [2.05, 4.69) is 43.0 Å². The second kappa shape index (κ2) is 7.06. The van der Waals surface area contributed by atoms with Crippen molar-refractivity contribution in [2.75, 3.05) is 19.6 Å². The number of rotatable bonds is 3. The molecular formula is C22H26BrNO. The summed E-state index contributed by atoms with van der Waals surface area (Å²) in [5.74, 6) is 0. The van der Waals surface area contributed by atoms with Crippen LogP contribution in [0, 0.1) is 0 Å². The number of fused-ring (bicyclic) bond motifs is 3. The molecule has 1 saturated heterocycles. The lowest BCUT2D eigenvalue weighted by atomic mass is 9.74. The minimum absolute atomic E-state index is 0. The van der Waals surface area contributed by atoms with Crippen LogP contribution in [0.25, 0.3) is 0 Å². The van der Waals surface area contributed by atoms with E-state index in [0.717, 1.165) is 35.2 Å². The van der Waals surface area contributed by atoms with Crippen molar-refractivity contribution < 1.29 is 26.6 Å². The first-order valence-electron chi connectivity index (χ1n) is 9.04. The summed E-state index contributed by atoms with van der Waals surface area (Å²) in [6.07, 6.45) is 5.75. The molecule has 3 atom stereocenters. The van der Waals surface area contributed by atoms with Gasteiger partial charge in [0.1, 0.15) is 12.6 Å². The molecule has 0 radical (unpaired) electrons. The summed E-state index contributed by atoms with van der Waals surface area (Å²) < 4.78 is 0.936. The molecule has 2 aromatic rings. The van der Waals surface area contributed by atoms with Gasteiger partial charge in [0.2, 0.25) is 0 Å². The van der Waals surface area contributed by atoms with Gasteiger partial charge in [-0.05, 0) is 24.5 Å². The van der Waals surface area contributed by atoms with Crippen LogP contribution in [0.5, 0.6) is 0 Å². The van der Waals surface area contributed by atoms with Gasteiger partial charge < -0.3 is 26.6 Å². The molecule has 0 bridgehead atoms. The normalized spacial score (nSPS) is 30.5. The fraction of sp³-hybridized carbons (Fsp3) is 0.364. The number of nitrogens with zero attached hydrogens (tertiary/aromatic N) is 1. The summed E-state index contributed by atoms with van der Waals surface area (Å²) in [4.78, 5) is 0. The Morgan fingerprint density at radius 3 is 2.56 bits per heavy atom. The van der Waals surface area contributed by atoms with Gasteiger partial charge in [-0.2, -0.15) is 0 Å². The zero-order valence-corrected chi connectivity index (χ0v) is 16.2. The molecule has 2 heterocycles. The van der Waals surface area contributed by atoms with Crippen LogP contribution in [0.15, 0.2) is 67.3 Å². The van der Waals surface area contributed by atoms with Crippen molar-refractivity contribution in [1.82, 2.24) is 0 Å². The maximum Gasteiger partial charge on any atom is 0.164 e. The number of quaternary nitrogens is 1. The Hall–Kier alpha value is -1.42. The summed E-state index contributed by atoms with van der Waals surface area (Å²) in [7, 11) is 0. The third kappa shape index (κ3) is 2.88. The van der Waals surface area contributed by atoms with E-state index in [9.17, 15) is 5.11 Å². The number of piperidine rings is 1. The van der Waals surface area contributed by atoms with E-state index in [4.69, 9.17) is 0 Å². The second-order valence-corrected chi connectivity index (χ2v) is 7.40. The SMILES string of the molecule is C=CC[N@@+]12CCCC[C@@H]1c1ccccc1[C@](O)(c1ccccc1)C2.[Br-]. The molecule has 25 heavy (non-hydrogen) atoms. The van der Waals surface area contributed by atoms with Crippen molar-refractivity contribution in [3.8, 4) is 0 Å². The van der Waals surface area contributed by atoms with E-state index < -0.39 is 5.60 Å². The first-order chi connectivity index (χ1) is 11.7. The predicted molar refractivity (Wildman–Crippen MR) is 97.5 cm³/mol. The predicted octanol–water partition coefficient (Wildman–Crippen LogP) is 1.17. The van der Waals surface area contributed by atoms with Crippen LogP contribution in [0.1, 0.15) is 42.0 Å². The molecule has 4 rings (SSSR count). The molecule has 0 saturated carbocycles. The Bertz CT molecular complexity index is 747. The minimum atomic E-state index is -0.922. The topological polar surface area (TPSA) is 20.2 Å². The number of aliphatic hydroxyl groups is 1. The van der Waals surface area contributed by atoms with Crippen LogP contribution in [-0.4, -0.2) is 29.2 Å². The molecule has 0 unspecified atom stereocenters. The van der Waals surface area contributed by atoms with Gasteiger partial charge in [-0.25, -0.2) is 0 Å². The van der Waals surface area contributed by atoms with E-state index >= 15 is 0 Å². The Balaban J connectivity index is 0.00000182. The fourth-order valence-corrected chi connectivity index (χ4v) is 5.04. The van der Waals surface area contributed by atoms with Crippen molar-refractivity contribution in [1.29, 1.82) is 0 Å². The maximum absolute atomic E-state index is 11.9. The minimum Gasteiger partial charge on any atom is -1.00 e. The van der Waals surface area contributed by atoms with Gasteiger partial charge in [-0.1, -0.05) is 61.2 Å². The Kier molecular flexibility index (Phi) is 5.19. The fourth-order valence-electron chi connectivity index (χ4n) is 5.04. The lowest BCUT2D eigenvalue weighted by molar-refractivity contribution is -0.964. The van der Waals surface area contributed by atoms with Gasteiger partial charge in [-0.3, -0.25) is 0 Å². The van der Waals surface area contributed by atoms with Gasteiger partial charge in [0, 0.05) is 17.5 Å². The smallest absolute Gasteiger partial charge is 0.164 e. The Morgan fingerprint density at radius 2 is 1.80 bits per heavy atom. The Morgan fingerprint density at radius 1 is 1.08 bits per heavy atom. The van der Waals surface area contributed by atoms with E-state index in [0.29, 0.717) is 6.04 Å². The zero-order valence-electron chi connectivity index (χ0n) is 14.6. The van der Waals surface area contributed by atoms with Crippen molar-refractivity contribution >= 4 is 0 Å². The largest absolute Gasteiger partial charge is 1.00 e. The standard InChI is InChI=1S/C22H26NO.BrH/c1-2-15-23-16-9-8-14-21(23)19-12-6-7-13-20(19)22(24,17-23)18-10-4-3-5-11-18;/h2-7,10-13,21,24H,1,8-9,14-17H2;1H/q+1;/p-1/t21-,22-,23+;/m1./s1. The highest BCUT2D eigenvalue weighted by Crippen LogP contribution is 2.49. The monoisotopic (exact) mass is 399 g/mol. The first kappa shape index (κ1) is 18.4. The summed E-state index contributed by atoms with van der Waals surface area (Å²) in [5.41, 5.74) is 2.51. The van der Waals surface area contributed by atoms with Gasteiger partial charge >= 0.3 is 0 Å². The average molecular weight is 400 g/mol. The third-order valence-corrected chi connectivity index (χ3v) is 6.05. The van der Waals surface area contributed by atoms with Crippen molar-refractivity contribution in [3.63, 3.8) is 0 Å². The molecule has 0 amide bonds. The van der Waals surface area contributed by atoms with Gasteiger partial charge in [0.25, 0.3) is 0 Å². The van der Waals surface area contributed by atoms with Crippen molar-refractivity contribution in [2.24, 2.45) is 0 Å². The third-order valence-electron chi connectivity index (χ3n) is 6.05. The molecule has 0 spiro atoms. The molecular weight excluding hydrogens is 374 g/mol. The van der Waals surface area contributed by atoms with Crippen LogP contribution in [0.2, 0.25) is 0 Å². The molecule has 1 fully saturated rings. The quantitative estimate of drug-likeness (QED) is 0.606. The number of halogens is 1.